The molecule has 2 aromatic rings. The van der Waals surface area contributed by atoms with Crippen molar-refractivity contribution in [2.45, 2.75) is 25.3 Å². The molecule has 0 spiro atoms. The molecule has 104 valence electrons. The molecule has 0 amide bonds. The number of benzene rings is 1. The lowest BCUT2D eigenvalue weighted by atomic mass is 10.1. The highest BCUT2D eigenvalue weighted by Crippen LogP contribution is 2.24. The van der Waals surface area contributed by atoms with Crippen molar-refractivity contribution in [1.82, 2.24) is 15.3 Å². The number of rotatable bonds is 3. The Morgan fingerprint density at radius 3 is 3.05 bits per heavy atom. The second kappa shape index (κ2) is 5.97. The molecule has 5 heteroatoms. The van der Waals surface area contributed by atoms with Gasteiger partial charge in [0.1, 0.15) is 11.6 Å². The number of halogens is 2. The van der Waals surface area contributed by atoms with Crippen molar-refractivity contribution in [3.05, 3.63) is 46.6 Å². The van der Waals surface area contributed by atoms with Gasteiger partial charge < -0.3 is 5.32 Å². The van der Waals surface area contributed by atoms with Gasteiger partial charge in [-0.25, -0.2) is 14.4 Å². The Kier molecular flexibility index (Phi) is 4.08. The van der Waals surface area contributed by atoms with E-state index in [1.54, 1.807) is 24.4 Å². The molecule has 1 N–H and O–H groups in total. The summed E-state index contributed by atoms with van der Waals surface area (Å²) < 4.78 is 14.7. The van der Waals surface area contributed by atoms with E-state index in [0.717, 1.165) is 29.7 Å². The molecular formula is C15H15BrFN3. The average Bonchev–Trinajstić information content (AvgIpc) is 2.95. The van der Waals surface area contributed by atoms with Crippen LogP contribution < -0.4 is 5.32 Å². The van der Waals surface area contributed by atoms with Crippen LogP contribution in [0.4, 0.5) is 4.39 Å². The van der Waals surface area contributed by atoms with Crippen LogP contribution in [0.5, 0.6) is 0 Å². The van der Waals surface area contributed by atoms with E-state index < -0.39 is 0 Å². The molecular weight excluding hydrogens is 321 g/mol. The highest BCUT2D eigenvalue weighted by molar-refractivity contribution is 9.10. The zero-order valence-corrected chi connectivity index (χ0v) is 12.5. The highest BCUT2D eigenvalue weighted by atomic mass is 79.9. The van der Waals surface area contributed by atoms with Gasteiger partial charge in [-0.05, 0) is 43.7 Å². The molecule has 1 saturated heterocycles. The standard InChI is InChI=1S/C15H15BrFN3/c16-10-3-4-13(17)12(8-10)14-5-7-19-15(20-14)9-11-2-1-6-18-11/h3-5,7-8,11,18H,1-2,6,9H2. The van der Waals surface area contributed by atoms with Gasteiger partial charge in [-0.1, -0.05) is 15.9 Å². The van der Waals surface area contributed by atoms with Crippen LogP contribution in [0.3, 0.4) is 0 Å². The summed E-state index contributed by atoms with van der Waals surface area (Å²) in [7, 11) is 0. The lowest BCUT2D eigenvalue weighted by Gasteiger charge is -2.10. The van der Waals surface area contributed by atoms with E-state index in [0.29, 0.717) is 17.3 Å². The van der Waals surface area contributed by atoms with Crippen LogP contribution in [0.15, 0.2) is 34.9 Å². The summed E-state index contributed by atoms with van der Waals surface area (Å²) in [6.45, 7) is 1.06. The van der Waals surface area contributed by atoms with E-state index >= 15 is 0 Å². The Balaban J connectivity index is 1.88. The SMILES string of the molecule is Fc1ccc(Br)cc1-c1ccnc(CC2CCCN2)n1. The Morgan fingerprint density at radius 1 is 1.35 bits per heavy atom. The zero-order chi connectivity index (χ0) is 13.9. The first-order chi connectivity index (χ1) is 9.72. The number of aromatic nitrogens is 2. The summed E-state index contributed by atoms with van der Waals surface area (Å²) in [6.07, 6.45) is 4.85. The fourth-order valence-electron chi connectivity index (χ4n) is 2.49. The van der Waals surface area contributed by atoms with Crippen molar-refractivity contribution in [3.63, 3.8) is 0 Å². The summed E-state index contributed by atoms with van der Waals surface area (Å²) in [5, 5.41) is 3.42. The minimum atomic E-state index is -0.267. The molecule has 1 aromatic carbocycles. The largest absolute Gasteiger partial charge is 0.314 e. The minimum absolute atomic E-state index is 0.267. The third kappa shape index (κ3) is 3.04. The van der Waals surface area contributed by atoms with Gasteiger partial charge in [0, 0.05) is 28.7 Å². The van der Waals surface area contributed by atoms with Gasteiger partial charge in [-0.3, -0.25) is 0 Å². The fraction of sp³-hybridized carbons (Fsp3) is 0.333. The number of nitrogens with zero attached hydrogens (tertiary/aromatic N) is 2. The van der Waals surface area contributed by atoms with Gasteiger partial charge >= 0.3 is 0 Å². The summed E-state index contributed by atoms with van der Waals surface area (Å²) >= 11 is 3.36. The molecule has 1 aliphatic rings. The van der Waals surface area contributed by atoms with E-state index in [1.807, 2.05) is 0 Å². The van der Waals surface area contributed by atoms with Crippen LogP contribution in [0.25, 0.3) is 11.3 Å². The lowest BCUT2D eigenvalue weighted by molar-refractivity contribution is 0.585. The molecule has 1 aromatic heterocycles. The Labute approximate surface area is 125 Å². The molecule has 1 aliphatic heterocycles. The molecule has 3 nitrogen and oxygen atoms in total. The third-order valence-electron chi connectivity index (χ3n) is 3.50. The Morgan fingerprint density at radius 2 is 2.25 bits per heavy atom. The second-order valence-corrected chi connectivity index (χ2v) is 5.90. The van der Waals surface area contributed by atoms with Crippen molar-refractivity contribution in [2.24, 2.45) is 0 Å². The highest BCUT2D eigenvalue weighted by Gasteiger charge is 2.16. The summed E-state index contributed by atoms with van der Waals surface area (Å²) in [5.41, 5.74) is 1.13. The van der Waals surface area contributed by atoms with E-state index in [9.17, 15) is 4.39 Å². The van der Waals surface area contributed by atoms with Crippen LogP contribution in [0.2, 0.25) is 0 Å². The van der Waals surface area contributed by atoms with E-state index in [1.165, 1.54) is 12.5 Å². The Hall–Kier alpha value is -1.33. The van der Waals surface area contributed by atoms with Crippen LogP contribution in [0, 0.1) is 5.82 Å². The first kappa shape index (κ1) is 13.6. The third-order valence-corrected chi connectivity index (χ3v) is 3.99. The van der Waals surface area contributed by atoms with Crippen molar-refractivity contribution >= 4 is 15.9 Å². The molecule has 1 fully saturated rings. The predicted molar refractivity (Wildman–Crippen MR) is 79.9 cm³/mol. The van der Waals surface area contributed by atoms with Crippen LogP contribution in [-0.2, 0) is 6.42 Å². The van der Waals surface area contributed by atoms with Gasteiger partial charge in [-0.2, -0.15) is 0 Å². The van der Waals surface area contributed by atoms with Crippen molar-refractivity contribution in [3.8, 4) is 11.3 Å². The summed E-state index contributed by atoms with van der Waals surface area (Å²) in [6, 6.07) is 7.06. The van der Waals surface area contributed by atoms with E-state index in [4.69, 9.17) is 0 Å². The summed E-state index contributed by atoms with van der Waals surface area (Å²) in [5.74, 6) is 0.498. The number of hydrogen-bond acceptors (Lipinski definition) is 3. The molecule has 0 saturated carbocycles. The van der Waals surface area contributed by atoms with Crippen LogP contribution in [-0.4, -0.2) is 22.6 Å². The van der Waals surface area contributed by atoms with Crippen LogP contribution in [0.1, 0.15) is 18.7 Å². The van der Waals surface area contributed by atoms with Gasteiger partial charge in [-0.15, -0.1) is 0 Å². The zero-order valence-electron chi connectivity index (χ0n) is 10.9. The predicted octanol–water partition coefficient (Wildman–Crippen LogP) is 3.34. The summed E-state index contributed by atoms with van der Waals surface area (Å²) in [4.78, 5) is 8.79. The Bertz CT molecular complexity index is 612. The normalized spacial score (nSPS) is 18.4. The average molecular weight is 336 g/mol. The van der Waals surface area contributed by atoms with E-state index in [-0.39, 0.29) is 5.82 Å². The van der Waals surface area contributed by atoms with Gasteiger partial charge in [0.25, 0.3) is 0 Å². The topological polar surface area (TPSA) is 37.8 Å². The first-order valence-corrected chi connectivity index (χ1v) is 7.52. The second-order valence-electron chi connectivity index (χ2n) is 4.98. The molecule has 2 heterocycles. The van der Waals surface area contributed by atoms with E-state index in [2.05, 4.69) is 31.2 Å². The van der Waals surface area contributed by atoms with Crippen molar-refractivity contribution in [1.29, 1.82) is 0 Å². The fourth-order valence-corrected chi connectivity index (χ4v) is 2.85. The van der Waals surface area contributed by atoms with Crippen LogP contribution >= 0.6 is 15.9 Å². The molecule has 0 bridgehead atoms. The number of nitrogens with one attached hydrogen (secondary N) is 1. The molecule has 3 rings (SSSR count). The molecule has 20 heavy (non-hydrogen) atoms. The maximum Gasteiger partial charge on any atom is 0.132 e. The monoisotopic (exact) mass is 335 g/mol. The maximum absolute atomic E-state index is 13.9. The quantitative estimate of drug-likeness (QED) is 0.934. The van der Waals surface area contributed by atoms with Gasteiger partial charge in [0.2, 0.25) is 0 Å². The minimum Gasteiger partial charge on any atom is -0.314 e. The maximum atomic E-state index is 13.9. The van der Waals surface area contributed by atoms with Crippen molar-refractivity contribution < 1.29 is 4.39 Å². The smallest absolute Gasteiger partial charge is 0.132 e. The van der Waals surface area contributed by atoms with Crippen molar-refractivity contribution in [2.75, 3.05) is 6.54 Å². The first-order valence-electron chi connectivity index (χ1n) is 6.73. The van der Waals surface area contributed by atoms with Gasteiger partial charge in [0.15, 0.2) is 0 Å². The molecule has 1 unspecified atom stereocenters. The molecule has 0 aliphatic carbocycles. The molecule has 0 radical (unpaired) electrons. The number of hydrogen-bond donors (Lipinski definition) is 1. The lowest BCUT2D eigenvalue weighted by Crippen LogP contribution is -2.24. The molecule has 1 atom stereocenters. The van der Waals surface area contributed by atoms with Gasteiger partial charge in [0.05, 0.1) is 5.69 Å².